The molecule has 0 bridgehead atoms. The van der Waals surface area contributed by atoms with E-state index in [0.29, 0.717) is 13.1 Å². The summed E-state index contributed by atoms with van der Waals surface area (Å²) in [6, 6.07) is 4.78. The van der Waals surface area contributed by atoms with Crippen molar-refractivity contribution in [2.45, 2.75) is 32.4 Å². The molecule has 0 aromatic heterocycles. The van der Waals surface area contributed by atoms with Gasteiger partial charge in [-0.15, -0.1) is 13.2 Å². The van der Waals surface area contributed by atoms with Crippen LogP contribution in [0.25, 0.3) is 0 Å². The van der Waals surface area contributed by atoms with Crippen LogP contribution < -0.4 is 10.1 Å². The first-order valence-corrected chi connectivity index (χ1v) is 6.80. The molecule has 1 N–H and O–H groups in total. The number of hydrogen-bond acceptors (Lipinski definition) is 3. The van der Waals surface area contributed by atoms with Crippen LogP contribution in [0.5, 0.6) is 5.75 Å². The SMILES string of the molecule is C[C@@H]1CN(C(=O)Nc2cccc(OC(F)(F)F)c2)C[C@H](C)O1. The highest BCUT2D eigenvalue weighted by Gasteiger charge is 2.31. The zero-order valence-electron chi connectivity index (χ0n) is 12.2. The number of nitrogens with one attached hydrogen (secondary N) is 1. The van der Waals surface area contributed by atoms with Gasteiger partial charge in [-0.2, -0.15) is 0 Å². The van der Waals surface area contributed by atoms with Gasteiger partial charge in [-0.25, -0.2) is 4.79 Å². The van der Waals surface area contributed by atoms with E-state index in [-0.39, 0.29) is 29.7 Å². The first kappa shape index (κ1) is 16.4. The highest BCUT2D eigenvalue weighted by atomic mass is 19.4. The number of benzene rings is 1. The van der Waals surface area contributed by atoms with E-state index in [4.69, 9.17) is 4.74 Å². The largest absolute Gasteiger partial charge is 0.573 e. The van der Waals surface area contributed by atoms with Crippen LogP contribution in [0.4, 0.5) is 23.7 Å². The van der Waals surface area contributed by atoms with Crippen LogP contribution in [0.3, 0.4) is 0 Å². The molecule has 2 amide bonds. The molecule has 0 spiro atoms. The van der Waals surface area contributed by atoms with Gasteiger partial charge in [0, 0.05) is 24.8 Å². The molecule has 1 aromatic carbocycles. The molecule has 0 aliphatic carbocycles. The number of rotatable bonds is 2. The number of anilines is 1. The fourth-order valence-corrected chi connectivity index (χ4v) is 2.32. The molecule has 1 heterocycles. The minimum atomic E-state index is -4.77. The molecule has 2 atom stereocenters. The normalized spacial score (nSPS) is 22.3. The van der Waals surface area contributed by atoms with Crippen molar-refractivity contribution in [3.8, 4) is 5.75 Å². The van der Waals surface area contributed by atoms with Crippen molar-refractivity contribution in [2.75, 3.05) is 18.4 Å². The predicted octanol–water partition coefficient (Wildman–Crippen LogP) is 3.23. The summed E-state index contributed by atoms with van der Waals surface area (Å²) in [6.07, 6.45) is -4.94. The maximum absolute atomic E-state index is 12.2. The van der Waals surface area contributed by atoms with E-state index in [1.165, 1.54) is 18.2 Å². The van der Waals surface area contributed by atoms with Gasteiger partial charge in [0.1, 0.15) is 5.75 Å². The number of ether oxygens (including phenoxy) is 2. The van der Waals surface area contributed by atoms with E-state index in [0.717, 1.165) is 6.07 Å². The Morgan fingerprint density at radius 3 is 2.55 bits per heavy atom. The van der Waals surface area contributed by atoms with Crippen molar-refractivity contribution >= 4 is 11.7 Å². The monoisotopic (exact) mass is 318 g/mol. The topological polar surface area (TPSA) is 50.8 Å². The Labute approximate surface area is 126 Å². The molecule has 5 nitrogen and oxygen atoms in total. The van der Waals surface area contributed by atoms with Gasteiger partial charge in [0.25, 0.3) is 0 Å². The average molecular weight is 318 g/mol. The van der Waals surface area contributed by atoms with Crippen LogP contribution in [-0.2, 0) is 4.74 Å². The Hall–Kier alpha value is -1.96. The van der Waals surface area contributed by atoms with E-state index in [1.54, 1.807) is 4.90 Å². The maximum atomic E-state index is 12.2. The Morgan fingerprint density at radius 2 is 1.95 bits per heavy atom. The van der Waals surface area contributed by atoms with Gasteiger partial charge >= 0.3 is 12.4 Å². The fourth-order valence-electron chi connectivity index (χ4n) is 2.32. The lowest BCUT2D eigenvalue weighted by Gasteiger charge is -2.35. The van der Waals surface area contributed by atoms with Gasteiger partial charge < -0.3 is 19.7 Å². The first-order chi connectivity index (χ1) is 10.2. The van der Waals surface area contributed by atoms with Crippen LogP contribution >= 0.6 is 0 Å². The van der Waals surface area contributed by atoms with Crippen LogP contribution in [-0.4, -0.2) is 42.6 Å². The van der Waals surface area contributed by atoms with Crippen LogP contribution in [0.2, 0.25) is 0 Å². The second-order valence-electron chi connectivity index (χ2n) is 5.17. The number of urea groups is 1. The smallest absolute Gasteiger partial charge is 0.406 e. The number of halogens is 3. The number of amides is 2. The number of hydrogen-bond donors (Lipinski definition) is 1. The molecule has 0 radical (unpaired) electrons. The lowest BCUT2D eigenvalue weighted by atomic mass is 10.2. The highest BCUT2D eigenvalue weighted by molar-refractivity contribution is 5.89. The summed E-state index contributed by atoms with van der Waals surface area (Å²) in [7, 11) is 0. The van der Waals surface area contributed by atoms with Gasteiger partial charge in [-0.05, 0) is 26.0 Å². The van der Waals surface area contributed by atoms with E-state index in [1.807, 2.05) is 13.8 Å². The van der Waals surface area contributed by atoms with Crippen LogP contribution in [0.1, 0.15) is 13.8 Å². The third-order valence-electron chi connectivity index (χ3n) is 3.03. The molecule has 2 rings (SSSR count). The van der Waals surface area contributed by atoms with Crippen LogP contribution in [0, 0.1) is 0 Å². The Bertz CT molecular complexity index is 526. The molecule has 1 saturated heterocycles. The zero-order valence-corrected chi connectivity index (χ0v) is 12.2. The molecule has 1 aliphatic heterocycles. The summed E-state index contributed by atoms with van der Waals surface area (Å²) in [5.74, 6) is -0.381. The third kappa shape index (κ3) is 4.80. The minimum Gasteiger partial charge on any atom is -0.406 e. The Morgan fingerprint density at radius 1 is 1.32 bits per heavy atom. The minimum absolute atomic E-state index is 0.0885. The first-order valence-electron chi connectivity index (χ1n) is 6.80. The number of alkyl halides is 3. The molecule has 122 valence electrons. The lowest BCUT2D eigenvalue weighted by Crippen LogP contribution is -2.49. The van der Waals surface area contributed by atoms with Gasteiger partial charge in [-0.3, -0.25) is 0 Å². The second kappa shape index (κ2) is 6.43. The summed E-state index contributed by atoms with van der Waals surface area (Å²) < 4.78 is 45.9. The van der Waals surface area contributed by atoms with Gasteiger partial charge in [0.2, 0.25) is 0 Å². The van der Waals surface area contributed by atoms with Crippen molar-refractivity contribution in [3.63, 3.8) is 0 Å². The number of nitrogens with zero attached hydrogens (tertiary/aromatic N) is 1. The Kier molecular flexibility index (Phi) is 4.80. The van der Waals surface area contributed by atoms with Crippen molar-refractivity contribution in [3.05, 3.63) is 24.3 Å². The summed E-state index contributed by atoms with van der Waals surface area (Å²) in [4.78, 5) is 13.7. The lowest BCUT2D eigenvalue weighted by molar-refractivity contribution is -0.274. The van der Waals surface area contributed by atoms with Crippen molar-refractivity contribution < 1.29 is 27.4 Å². The molecule has 0 saturated carbocycles. The number of morpholine rings is 1. The molecule has 1 aromatic rings. The summed E-state index contributed by atoms with van der Waals surface area (Å²) in [6.45, 7) is 4.56. The Balaban J connectivity index is 2.01. The van der Waals surface area contributed by atoms with Gasteiger partial charge in [-0.1, -0.05) is 6.07 Å². The summed E-state index contributed by atoms with van der Waals surface area (Å²) >= 11 is 0. The van der Waals surface area contributed by atoms with E-state index >= 15 is 0 Å². The van der Waals surface area contributed by atoms with E-state index in [2.05, 4.69) is 10.1 Å². The van der Waals surface area contributed by atoms with Gasteiger partial charge in [0.05, 0.1) is 12.2 Å². The van der Waals surface area contributed by atoms with Gasteiger partial charge in [0.15, 0.2) is 0 Å². The third-order valence-corrected chi connectivity index (χ3v) is 3.03. The summed E-state index contributed by atoms with van der Waals surface area (Å²) in [5.41, 5.74) is 0.235. The quantitative estimate of drug-likeness (QED) is 0.911. The van der Waals surface area contributed by atoms with Crippen molar-refractivity contribution in [1.29, 1.82) is 0 Å². The van der Waals surface area contributed by atoms with E-state index < -0.39 is 6.36 Å². The number of carbonyl (C=O) groups is 1. The standard InChI is InChI=1S/C14H17F3N2O3/c1-9-7-19(8-10(2)21-9)13(20)18-11-4-3-5-12(6-11)22-14(15,16)17/h3-6,9-10H,7-8H2,1-2H3,(H,18,20)/t9-,10+. The molecule has 1 fully saturated rings. The molecular weight excluding hydrogens is 301 g/mol. The maximum Gasteiger partial charge on any atom is 0.573 e. The fraction of sp³-hybridized carbons (Fsp3) is 0.500. The van der Waals surface area contributed by atoms with E-state index in [9.17, 15) is 18.0 Å². The zero-order chi connectivity index (χ0) is 16.3. The molecule has 0 unspecified atom stereocenters. The highest BCUT2D eigenvalue weighted by Crippen LogP contribution is 2.25. The molecule has 1 aliphatic rings. The molecule has 22 heavy (non-hydrogen) atoms. The molecular formula is C14H17F3N2O3. The summed E-state index contributed by atoms with van der Waals surface area (Å²) in [5, 5.41) is 2.56. The second-order valence-corrected chi connectivity index (χ2v) is 5.17. The van der Waals surface area contributed by atoms with Crippen LogP contribution in [0.15, 0.2) is 24.3 Å². The molecule has 8 heteroatoms. The average Bonchev–Trinajstić information content (AvgIpc) is 2.35. The van der Waals surface area contributed by atoms with Crippen molar-refractivity contribution in [2.24, 2.45) is 0 Å². The van der Waals surface area contributed by atoms with Crippen molar-refractivity contribution in [1.82, 2.24) is 4.90 Å². The number of carbonyl (C=O) groups excluding carboxylic acids is 1. The predicted molar refractivity (Wildman–Crippen MR) is 73.7 cm³/mol.